The van der Waals surface area contributed by atoms with Gasteiger partial charge in [-0.25, -0.2) is 0 Å². The highest BCUT2D eigenvalue weighted by Crippen LogP contribution is 2.23. The van der Waals surface area contributed by atoms with E-state index in [1.165, 1.54) is 0 Å². The Kier molecular flexibility index (Phi) is 7.00. The molecular weight excluding hydrogens is 271 g/mol. The van der Waals surface area contributed by atoms with Gasteiger partial charge in [-0.1, -0.05) is 18.5 Å². The van der Waals surface area contributed by atoms with E-state index in [0.29, 0.717) is 5.88 Å². The highest BCUT2D eigenvalue weighted by molar-refractivity contribution is 6.31. The van der Waals surface area contributed by atoms with Crippen molar-refractivity contribution in [3.8, 4) is 0 Å². The van der Waals surface area contributed by atoms with Crippen LogP contribution in [0.1, 0.15) is 38.1 Å². The first-order valence-corrected chi connectivity index (χ1v) is 7.35. The molecule has 0 spiro atoms. The van der Waals surface area contributed by atoms with E-state index >= 15 is 0 Å². The van der Waals surface area contributed by atoms with Crippen LogP contribution < -0.4 is 11.3 Å². The number of alkyl halides is 1. The molecule has 1 heterocycles. The van der Waals surface area contributed by atoms with Crippen molar-refractivity contribution >= 4 is 23.2 Å². The summed E-state index contributed by atoms with van der Waals surface area (Å²) in [5, 5.41) is 5.29. The Morgan fingerprint density at radius 2 is 2.17 bits per heavy atom. The number of aryl methyl sites for hydroxylation is 2. The average Bonchev–Trinajstić information content (AvgIpc) is 2.70. The summed E-state index contributed by atoms with van der Waals surface area (Å²) in [6.07, 6.45) is 3.51. The highest BCUT2D eigenvalue weighted by Gasteiger charge is 2.18. The molecule has 1 rings (SSSR count). The summed E-state index contributed by atoms with van der Waals surface area (Å²) in [7, 11) is 0. The molecule has 0 saturated carbocycles. The zero-order chi connectivity index (χ0) is 13.5. The first-order chi connectivity index (χ1) is 8.67. The molecule has 0 aliphatic carbocycles. The molecule has 1 atom stereocenters. The largest absolute Gasteiger partial charge is 0.271 e. The number of rotatable bonds is 8. The van der Waals surface area contributed by atoms with Crippen molar-refractivity contribution in [1.82, 2.24) is 15.2 Å². The topological polar surface area (TPSA) is 55.9 Å². The van der Waals surface area contributed by atoms with Crippen molar-refractivity contribution in [2.45, 2.75) is 52.1 Å². The molecule has 0 aliphatic heterocycles. The lowest BCUT2D eigenvalue weighted by molar-refractivity contribution is 0.468. The Bertz CT molecular complexity index is 365. The van der Waals surface area contributed by atoms with E-state index in [0.717, 1.165) is 48.6 Å². The summed E-state index contributed by atoms with van der Waals surface area (Å²) in [6, 6.07) is 0.188. The second-order valence-corrected chi connectivity index (χ2v) is 5.03. The van der Waals surface area contributed by atoms with Crippen LogP contribution in [-0.4, -0.2) is 21.7 Å². The summed E-state index contributed by atoms with van der Waals surface area (Å²) < 4.78 is 1.96. The zero-order valence-corrected chi connectivity index (χ0v) is 12.6. The monoisotopic (exact) mass is 292 g/mol. The summed E-state index contributed by atoms with van der Waals surface area (Å²) in [4.78, 5) is 0. The third kappa shape index (κ3) is 3.85. The van der Waals surface area contributed by atoms with Crippen molar-refractivity contribution < 1.29 is 0 Å². The molecular formula is C12H22Cl2N4. The molecule has 6 heteroatoms. The van der Waals surface area contributed by atoms with Gasteiger partial charge in [-0.05, 0) is 26.2 Å². The molecule has 0 bridgehead atoms. The van der Waals surface area contributed by atoms with Crippen molar-refractivity contribution in [2.24, 2.45) is 5.84 Å². The second kappa shape index (κ2) is 8.00. The van der Waals surface area contributed by atoms with Gasteiger partial charge in [0.1, 0.15) is 0 Å². The van der Waals surface area contributed by atoms with E-state index in [2.05, 4.69) is 24.4 Å². The van der Waals surface area contributed by atoms with E-state index in [9.17, 15) is 0 Å². The Morgan fingerprint density at radius 1 is 1.44 bits per heavy atom. The molecule has 18 heavy (non-hydrogen) atoms. The number of nitrogens with one attached hydrogen (secondary N) is 1. The molecule has 3 N–H and O–H groups in total. The molecule has 0 saturated heterocycles. The molecule has 0 fully saturated rings. The van der Waals surface area contributed by atoms with Crippen LogP contribution in [0.15, 0.2) is 0 Å². The van der Waals surface area contributed by atoms with Gasteiger partial charge >= 0.3 is 0 Å². The smallest absolute Gasteiger partial charge is 0.0850 e. The highest BCUT2D eigenvalue weighted by atomic mass is 35.5. The van der Waals surface area contributed by atoms with Gasteiger partial charge in [0.15, 0.2) is 0 Å². The molecule has 0 radical (unpaired) electrons. The van der Waals surface area contributed by atoms with Crippen molar-refractivity contribution in [3.63, 3.8) is 0 Å². The van der Waals surface area contributed by atoms with Gasteiger partial charge in [0, 0.05) is 24.9 Å². The van der Waals surface area contributed by atoms with Gasteiger partial charge < -0.3 is 0 Å². The predicted molar refractivity (Wildman–Crippen MR) is 77.1 cm³/mol. The van der Waals surface area contributed by atoms with Crippen molar-refractivity contribution in [2.75, 3.05) is 5.88 Å². The Labute approximate surface area is 119 Å². The molecule has 1 aromatic rings. The molecule has 0 aromatic carbocycles. The fraction of sp³-hybridized carbons (Fsp3) is 0.750. The lowest BCUT2D eigenvalue weighted by Gasteiger charge is -2.16. The minimum atomic E-state index is 0.188. The molecule has 1 aromatic heterocycles. The third-order valence-corrected chi connectivity index (χ3v) is 3.76. The summed E-state index contributed by atoms with van der Waals surface area (Å²) >= 11 is 12.1. The molecule has 104 valence electrons. The standard InChI is InChI=1S/C12H22Cl2N4/c1-3-10-12(14)11(18(4-2)17-10)8-9(16-15)6-5-7-13/h9,16H,3-8,15H2,1-2H3. The number of hydrogen-bond acceptors (Lipinski definition) is 3. The van der Waals surface area contributed by atoms with E-state index in [1.54, 1.807) is 0 Å². The van der Waals surface area contributed by atoms with Crippen LogP contribution in [0.4, 0.5) is 0 Å². The van der Waals surface area contributed by atoms with Crippen LogP contribution in [0.25, 0.3) is 0 Å². The van der Waals surface area contributed by atoms with Crippen LogP contribution >= 0.6 is 23.2 Å². The predicted octanol–water partition coefficient (Wildman–Crippen LogP) is 2.51. The fourth-order valence-corrected chi connectivity index (χ4v) is 2.51. The lowest BCUT2D eigenvalue weighted by atomic mass is 10.1. The lowest BCUT2D eigenvalue weighted by Crippen LogP contribution is -2.37. The third-order valence-electron chi connectivity index (χ3n) is 3.06. The van der Waals surface area contributed by atoms with Crippen LogP contribution in [0.5, 0.6) is 0 Å². The summed E-state index contributed by atoms with van der Waals surface area (Å²) in [5.74, 6) is 6.23. The Morgan fingerprint density at radius 3 is 2.67 bits per heavy atom. The van der Waals surface area contributed by atoms with Gasteiger partial charge in [-0.15, -0.1) is 11.6 Å². The first kappa shape index (κ1) is 15.8. The van der Waals surface area contributed by atoms with Gasteiger partial charge in [0.2, 0.25) is 0 Å². The van der Waals surface area contributed by atoms with Crippen LogP contribution in [-0.2, 0) is 19.4 Å². The van der Waals surface area contributed by atoms with Crippen LogP contribution in [0.2, 0.25) is 5.02 Å². The number of nitrogens with two attached hydrogens (primary N) is 1. The van der Waals surface area contributed by atoms with Crippen molar-refractivity contribution in [3.05, 3.63) is 16.4 Å². The average molecular weight is 293 g/mol. The molecule has 0 aliphatic rings. The van der Waals surface area contributed by atoms with E-state index in [4.69, 9.17) is 29.0 Å². The zero-order valence-electron chi connectivity index (χ0n) is 11.0. The fourth-order valence-electron chi connectivity index (χ4n) is 2.01. The first-order valence-electron chi connectivity index (χ1n) is 6.43. The maximum atomic E-state index is 6.37. The van der Waals surface area contributed by atoms with E-state index < -0.39 is 0 Å². The van der Waals surface area contributed by atoms with Gasteiger partial charge in [-0.3, -0.25) is 16.0 Å². The summed E-state index contributed by atoms with van der Waals surface area (Å²) in [5.41, 5.74) is 4.86. The maximum Gasteiger partial charge on any atom is 0.0850 e. The minimum Gasteiger partial charge on any atom is -0.271 e. The summed E-state index contributed by atoms with van der Waals surface area (Å²) in [6.45, 7) is 4.95. The second-order valence-electron chi connectivity index (χ2n) is 4.28. The van der Waals surface area contributed by atoms with Gasteiger partial charge in [-0.2, -0.15) is 5.10 Å². The number of hydrogen-bond donors (Lipinski definition) is 2. The molecule has 4 nitrogen and oxygen atoms in total. The minimum absolute atomic E-state index is 0.188. The number of hydrazine groups is 1. The Balaban J connectivity index is 2.83. The van der Waals surface area contributed by atoms with Gasteiger partial charge in [0.25, 0.3) is 0 Å². The van der Waals surface area contributed by atoms with Crippen molar-refractivity contribution in [1.29, 1.82) is 0 Å². The molecule has 1 unspecified atom stereocenters. The van der Waals surface area contributed by atoms with Gasteiger partial charge in [0.05, 0.1) is 16.4 Å². The number of halogens is 2. The SMILES string of the molecule is CCc1nn(CC)c(CC(CCCCl)NN)c1Cl. The van der Waals surface area contributed by atoms with Crippen LogP contribution in [0, 0.1) is 0 Å². The number of nitrogens with zero attached hydrogens (tertiary/aromatic N) is 2. The van der Waals surface area contributed by atoms with E-state index in [-0.39, 0.29) is 6.04 Å². The quantitative estimate of drug-likeness (QED) is 0.440. The van der Waals surface area contributed by atoms with E-state index in [1.807, 2.05) is 4.68 Å². The number of aromatic nitrogens is 2. The maximum absolute atomic E-state index is 6.37. The molecule has 0 amide bonds. The Hall–Kier alpha value is -0.290. The van der Waals surface area contributed by atoms with Crippen LogP contribution in [0.3, 0.4) is 0 Å². The normalized spacial score (nSPS) is 12.9.